The molecule has 0 saturated carbocycles. The van der Waals surface area contributed by atoms with Crippen molar-refractivity contribution in [1.29, 1.82) is 0 Å². The van der Waals surface area contributed by atoms with E-state index in [1.165, 1.54) is 7.11 Å². The highest BCUT2D eigenvalue weighted by atomic mass is 35.5. The summed E-state index contributed by atoms with van der Waals surface area (Å²) >= 11 is 5.63. The van der Waals surface area contributed by atoms with Crippen LogP contribution in [0.1, 0.15) is 6.42 Å². The third kappa shape index (κ3) is 2.63. The van der Waals surface area contributed by atoms with Crippen LogP contribution in [-0.4, -0.2) is 46.7 Å². The van der Waals surface area contributed by atoms with Gasteiger partial charge in [-0.2, -0.15) is 4.98 Å². The number of nitrogens with zero attached hydrogens (tertiary/aromatic N) is 3. The molecular formula is C10H11ClN4O5. The number of carbonyl (C=O) groups is 1. The van der Waals surface area contributed by atoms with Crippen molar-refractivity contribution >= 4 is 29.1 Å². The summed E-state index contributed by atoms with van der Waals surface area (Å²) in [6, 6.07) is 0. The van der Waals surface area contributed by atoms with E-state index >= 15 is 0 Å². The Morgan fingerprint density at radius 3 is 3.00 bits per heavy atom. The van der Waals surface area contributed by atoms with Crippen molar-refractivity contribution in [2.45, 2.75) is 12.0 Å². The number of carbonyl (C=O) groups excluding carboxylic acids is 1. The number of nitro groups is 1. The number of rotatable bonds is 4. The van der Waals surface area contributed by atoms with Gasteiger partial charge in [-0.25, -0.2) is 9.78 Å². The number of esters is 1. The van der Waals surface area contributed by atoms with Crippen LogP contribution in [0.4, 0.5) is 11.5 Å². The second kappa shape index (κ2) is 5.55. The molecule has 1 unspecified atom stereocenters. The van der Waals surface area contributed by atoms with Gasteiger partial charge in [0, 0.05) is 13.0 Å². The quantitative estimate of drug-likeness (QED) is 0.375. The standard InChI is InChI=1S/C10H11ClN4O5/c1-19-8(16)10(2-3-20-5-10)14-7-6(15(17)18)4-12-9(11)13-7/h4H,2-3,5H2,1H3,(H,12,13,14). The Morgan fingerprint density at radius 2 is 2.45 bits per heavy atom. The largest absolute Gasteiger partial charge is 0.467 e. The normalized spacial score (nSPS) is 21.5. The van der Waals surface area contributed by atoms with Gasteiger partial charge in [-0.1, -0.05) is 0 Å². The van der Waals surface area contributed by atoms with E-state index in [0.29, 0.717) is 13.0 Å². The molecule has 0 radical (unpaired) electrons. The van der Waals surface area contributed by atoms with Crippen molar-refractivity contribution in [2.75, 3.05) is 25.6 Å². The number of methoxy groups -OCH3 is 1. The van der Waals surface area contributed by atoms with Gasteiger partial charge in [0.25, 0.3) is 0 Å². The third-order valence-electron chi connectivity index (χ3n) is 2.89. The van der Waals surface area contributed by atoms with Gasteiger partial charge < -0.3 is 14.8 Å². The van der Waals surface area contributed by atoms with E-state index in [1.54, 1.807) is 0 Å². The Kier molecular flexibility index (Phi) is 4.00. The Morgan fingerprint density at radius 1 is 1.70 bits per heavy atom. The molecule has 20 heavy (non-hydrogen) atoms. The molecule has 0 aromatic carbocycles. The summed E-state index contributed by atoms with van der Waals surface area (Å²) < 4.78 is 9.89. The molecule has 10 heteroatoms. The lowest BCUT2D eigenvalue weighted by molar-refractivity contribution is -0.384. The van der Waals surface area contributed by atoms with Gasteiger partial charge in [0.1, 0.15) is 6.20 Å². The molecule has 1 N–H and O–H groups in total. The number of halogens is 1. The molecule has 1 aromatic rings. The molecule has 1 aliphatic rings. The highest BCUT2D eigenvalue weighted by Gasteiger charge is 2.45. The summed E-state index contributed by atoms with van der Waals surface area (Å²) in [5.41, 5.74) is -1.60. The zero-order valence-electron chi connectivity index (χ0n) is 10.5. The first kappa shape index (κ1) is 14.4. The van der Waals surface area contributed by atoms with Gasteiger partial charge in [-0.05, 0) is 11.6 Å². The fourth-order valence-corrected chi connectivity index (χ4v) is 2.01. The van der Waals surface area contributed by atoms with Gasteiger partial charge in [-0.15, -0.1) is 0 Å². The van der Waals surface area contributed by atoms with E-state index in [-0.39, 0.29) is 23.4 Å². The number of hydrogen-bond donors (Lipinski definition) is 1. The number of nitrogens with one attached hydrogen (secondary N) is 1. The van der Waals surface area contributed by atoms with Crippen LogP contribution in [0.3, 0.4) is 0 Å². The molecule has 9 nitrogen and oxygen atoms in total. The monoisotopic (exact) mass is 302 g/mol. The highest BCUT2D eigenvalue weighted by Crippen LogP contribution is 2.30. The molecule has 0 spiro atoms. The average molecular weight is 303 g/mol. The van der Waals surface area contributed by atoms with Crippen LogP contribution in [0.5, 0.6) is 0 Å². The molecule has 108 valence electrons. The summed E-state index contributed by atoms with van der Waals surface area (Å²) in [5.74, 6) is -0.732. The van der Waals surface area contributed by atoms with E-state index < -0.39 is 16.4 Å². The first-order chi connectivity index (χ1) is 9.48. The van der Waals surface area contributed by atoms with Crippen molar-refractivity contribution in [3.8, 4) is 0 Å². The smallest absolute Gasteiger partial charge is 0.334 e. The minimum absolute atomic E-state index is 0.0262. The maximum atomic E-state index is 11.9. The fourth-order valence-electron chi connectivity index (χ4n) is 1.88. The lowest BCUT2D eigenvalue weighted by Crippen LogP contribution is -2.48. The minimum Gasteiger partial charge on any atom is -0.467 e. The van der Waals surface area contributed by atoms with Crippen LogP contribution in [0, 0.1) is 10.1 Å². The molecule has 1 saturated heterocycles. The minimum atomic E-state index is -1.21. The SMILES string of the molecule is COC(=O)C1(Nc2nc(Cl)ncc2[N+](=O)[O-])CCOC1. The maximum absolute atomic E-state index is 11.9. The maximum Gasteiger partial charge on any atom is 0.334 e. The van der Waals surface area contributed by atoms with Crippen molar-refractivity contribution in [3.63, 3.8) is 0 Å². The highest BCUT2D eigenvalue weighted by molar-refractivity contribution is 6.28. The van der Waals surface area contributed by atoms with Crippen LogP contribution in [-0.2, 0) is 14.3 Å². The molecule has 0 amide bonds. The molecule has 1 fully saturated rings. The topological polar surface area (TPSA) is 116 Å². The van der Waals surface area contributed by atoms with Gasteiger partial charge in [0.05, 0.1) is 18.6 Å². The third-order valence-corrected chi connectivity index (χ3v) is 3.07. The first-order valence-corrected chi connectivity index (χ1v) is 5.97. The van der Waals surface area contributed by atoms with Crippen LogP contribution >= 0.6 is 11.6 Å². The van der Waals surface area contributed by atoms with Gasteiger partial charge in [-0.3, -0.25) is 10.1 Å². The summed E-state index contributed by atoms with van der Waals surface area (Å²) in [7, 11) is 1.23. The van der Waals surface area contributed by atoms with E-state index in [9.17, 15) is 14.9 Å². The lowest BCUT2D eigenvalue weighted by atomic mass is 9.99. The van der Waals surface area contributed by atoms with Crippen molar-refractivity contribution in [2.24, 2.45) is 0 Å². The predicted molar refractivity (Wildman–Crippen MR) is 67.5 cm³/mol. The number of aromatic nitrogens is 2. The van der Waals surface area contributed by atoms with E-state index in [2.05, 4.69) is 15.3 Å². The Labute approximate surface area is 118 Å². The number of hydrogen-bond acceptors (Lipinski definition) is 8. The summed E-state index contributed by atoms with van der Waals surface area (Å²) in [6.45, 7) is 0.354. The second-order valence-electron chi connectivity index (χ2n) is 4.13. The van der Waals surface area contributed by atoms with E-state index in [0.717, 1.165) is 6.20 Å². The molecule has 1 aromatic heterocycles. The van der Waals surface area contributed by atoms with Gasteiger partial charge >= 0.3 is 11.7 Å². The Hall–Kier alpha value is -2.00. The molecule has 1 atom stereocenters. The van der Waals surface area contributed by atoms with Gasteiger partial charge in [0.15, 0.2) is 5.54 Å². The summed E-state index contributed by atoms with van der Waals surface area (Å²) in [4.78, 5) is 29.5. The van der Waals surface area contributed by atoms with Crippen LogP contribution in [0.25, 0.3) is 0 Å². The second-order valence-corrected chi connectivity index (χ2v) is 4.47. The molecule has 2 heterocycles. The number of ether oxygens (including phenoxy) is 2. The molecule has 2 rings (SSSR count). The van der Waals surface area contributed by atoms with Crippen molar-refractivity contribution in [3.05, 3.63) is 21.6 Å². The van der Waals surface area contributed by atoms with Crippen LogP contribution in [0.2, 0.25) is 5.28 Å². The Bertz CT molecular complexity index is 546. The lowest BCUT2D eigenvalue weighted by Gasteiger charge is -2.25. The van der Waals surface area contributed by atoms with E-state index in [4.69, 9.17) is 21.1 Å². The zero-order valence-corrected chi connectivity index (χ0v) is 11.2. The van der Waals surface area contributed by atoms with Crippen LogP contribution in [0.15, 0.2) is 6.20 Å². The molecule has 0 aliphatic carbocycles. The van der Waals surface area contributed by atoms with Crippen LogP contribution < -0.4 is 5.32 Å². The van der Waals surface area contributed by atoms with E-state index in [1.807, 2.05) is 0 Å². The molecular weight excluding hydrogens is 292 g/mol. The molecule has 1 aliphatic heterocycles. The summed E-state index contributed by atoms with van der Waals surface area (Å²) in [5, 5.41) is 13.5. The fraction of sp³-hybridized carbons (Fsp3) is 0.500. The average Bonchev–Trinajstić information content (AvgIpc) is 2.87. The zero-order chi connectivity index (χ0) is 14.8. The number of anilines is 1. The molecule has 0 bridgehead atoms. The van der Waals surface area contributed by atoms with Crippen molar-refractivity contribution in [1.82, 2.24) is 9.97 Å². The van der Waals surface area contributed by atoms with Crippen molar-refractivity contribution < 1.29 is 19.2 Å². The van der Waals surface area contributed by atoms with Gasteiger partial charge in [0.2, 0.25) is 11.1 Å². The first-order valence-electron chi connectivity index (χ1n) is 5.60. The predicted octanol–water partition coefficient (Wildman–Crippen LogP) is 0.782. The Balaban J connectivity index is 2.38. The summed E-state index contributed by atoms with van der Waals surface area (Å²) in [6.07, 6.45) is 1.27.